The van der Waals surface area contributed by atoms with Crippen molar-refractivity contribution in [2.45, 2.75) is 19.4 Å². The Balaban J connectivity index is 1.81. The van der Waals surface area contributed by atoms with E-state index in [-0.39, 0.29) is 11.9 Å². The number of morpholine rings is 1. The predicted molar refractivity (Wildman–Crippen MR) is 75.1 cm³/mol. The molecule has 1 heterocycles. The van der Waals surface area contributed by atoms with Crippen LogP contribution >= 0.6 is 0 Å². The normalized spacial score (nSPS) is 19.2. The second-order valence-electron chi connectivity index (χ2n) is 5.08. The monoisotopic (exact) mass is 262 g/mol. The molecule has 0 bridgehead atoms. The number of rotatable bonds is 4. The lowest BCUT2D eigenvalue weighted by Gasteiger charge is -2.27. The Morgan fingerprint density at radius 1 is 1.42 bits per heavy atom. The standard InChI is InChI=1S/C15H22N2O2/c1-12-3-5-13(6-4-12)7-9-17(2)15(18)14-11-19-10-8-16-14/h3-6,14,16H,7-11H2,1-2H3. The van der Waals surface area contributed by atoms with Crippen LogP contribution in [0.1, 0.15) is 11.1 Å². The Kier molecular flexibility index (Phi) is 4.93. The first kappa shape index (κ1) is 14.0. The van der Waals surface area contributed by atoms with Crippen LogP contribution in [0.15, 0.2) is 24.3 Å². The summed E-state index contributed by atoms with van der Waals surface area (Å²) in [5.41, 5.74) is 2.52. The van der Waals surface area contributed by atoms with E-state index >= 15 is 0 Å². The van der Waals surface area contributed by atoms with Crippen LogP contribution < -0.4 is 5.32 Å². The topological polar surface area (TPSA) is 41.6 Å². The van der Waals surface area contributed by atoms with E-state index in [4.69, 9.17) is 4.74 Å². The van der Waals surface area contributed by atoms with Crippen LogP contribution in [0.3, 0.4) is 0 Å². The molecule has 1 unspecified atom stereocenters. The summed E-state index contributed by atoms with van der Waals surface area (Å²) < 4.78 is 5.32. The Morgan fingerprint density at radius 3 is 2.79 bits per heavy atom. The molecule has 1 aliphatic rings. The Labute approximate surface area is 114 Å². The first-order valence-electron chi connectivity index (χ1n) is 6.78. The van der Waals surface area contributed by atoms with Gasteiger partial charge in [0.2, 0.25) is 5.91 Å². The van der Waals surface area contributed by atoms with E-state index < -0.39 is 0 Å². The van der Waals surface area contributed by atoms with E-state index in [1.165, 1.54) is 11.1 Å². The van der Waals surface area contributed by atoms with Crippen LogP contribution in [-0.4, -0.2) is 50.2 Å². The van der Waals surface area contributed by atoms with E-state index in [0.29, 0.717) is 13.2 Å². The molecule has 1 N–H and O–H groups in total. The highest BCUT2D eigenvalue weighted by atomic mass is 16.5. The fraction of sp³-hybridized carbons (Fsp3) is 0.533. The second-order valence-corrected chi connectivity index (χ2v) is 5.08. The minimum Gasteiger partial charge on any atom is -0.378 e. The maximum absolute atomic E-state index is 12.2. The fourth-order valence-electron chi connectivity index (χ4n) is 2.15. The number of carbonyl (C=O) groups is 1. The highest BCUT2D eigenvalue weighted by Crippen LogP contribution is 2.05. The molecule has 2 rings (SSSR count). The van der Waals surface area contributed by atoms with Crippen LogP contribution in [0.2, 0.25) is 0 Å². The highest BCUT2D eigenvalue weighted by molar-refractivity contribution is 5.81. The van der Waals surface area contributed by atoms with Crippen LogP contribution in [0, 0.1) is 6.92 Å². The lowest BCUT2D eigenvalue weighted by Crippen LogP contribution is -2.51. The molecule has 0 aromatic heterocycles. The Hall–Kier alpha value is -1.39. The number of nitrogens with one attached hydrogen (secondary N) is 1. The summed E-state index contributed by atoms with van der Waals surface area (Å²) in [6, 6.07) is 8.27. The van der Waals surface area contributed by atoms with E-state index in [1.54, 1.807) is 4.90 Å². The largest absolute Gasteiger partial charge is 0.378 e. The number of likely N-dealkylation sites (N-methyl/N-ethyl adjacent to an activating group) is 1. The van der Waals surface area contributed by atoms with Crippen molar-refractivity contribution in [3.8, 4) is 0 Å². The predicted octanol–water partition coefficient (Wildman–Crippen LogP) is 0.984. The summed E-state index contributed by atoms with van der Waals surface area (Å²) >= 11 is 0. The van der Waals surface area contributed by atoms with Crippen LogP contribution in [0.25, 0.3) is 0 Å². The summed E-state index contributed by atoms with van der Waals surface area (Å²) in [5.74, 6) is 0.117. The molecule has 0 spiro atoms. The van der Waals surface area contributed by atoms with Gasteiger partial charge in [-0.25, -0.2) is 0 Å². The van der Waals surface area contributed by atoms with Gasteiger partial charge in [0, 0.05) is 20.1 Å². The molecule has 4 nitrogen and oxygen atoms in total. The minimum absolute atomic E-state index is 0.117. The molecule has 0 aliphatic carbocycles. The zero-order valence-corrected chi connectivity index (χ0v) is 11.7. The fourth-order valence-corrected chi connectivity index (χ4v) is 2.15. The van der Waals surface area contributed by atoms with Crippen molar-refractivity contribution in [1.29, 1.82) is 0 Å². The van der Waals surface area contributed by atoms with Gasteiger partial charge in [-0.15, -0.1) is 0 Å². The summed E-state index contributed by atoms with van der Waals surface area (Å²) in [4.78, 5) is 13.9. The van der Waals surface area contributed by atoms with E-state index in [0.717, 1.165) is 19.5 Å². The summed E-state index contributed by atoms with van der Waals surface area (Å²) in [7, 11) is 1.85. The molecule has 1 aromatic carbocycles. The van der Waals surface area contributed by atoms with Crippen molar-refractivity contribution in [2.75, 3.05) is 33.4 Å². The zero-order chi connectivity index (χ0) is 13.7. The number of nitrogens with zero attached hydrogens (tertiary/aromatic N) is 1. The zero-order valence-electron chi connectivity index (χ0n) is 11.7. The van der Waals surface area contributed by atoms with Crippen molar-refractivity contribution in [3.63, 3.8) is 0 Å². The molecule has 19 heavy (non-hydrogen) atoms. The lowest BCUT2D eigenvalue weighted by atomic mass is 10.1. The van der Waals surface area contributed by atoms with Crippen molar-refractivity contribution in [1.82, 2.24) is 10.2 Å². The molecule has 104 valence electrons. The summed E-state index contributed by atoms with van der Waals surface area (Å²) in [6.45, 7) is 4.74. The van der Waals surface area contributed by atoms with Gasteiger partial charge in [-0.05, 0) is 18.9 Å². The Bertz CT molecular complexity index is 411. The Morgan fingerprint density at radius 2 is 2.16 bits per heavy atom. The van der Waals surface area contributed by atoms with Crippen LogP contribution in [0.4, 0.5) is 0 Å². The molecule has 1 amide bonds. The third-order valence-corrected chi connectivity index (χ3v) is 3.45. The van der Waals surface area contributed by atoms with Gasteiger partial charge < -0.3 is 15.0 Å². The number of ether oxygens (including phenoxy) is 1. The molecule has 1 atom stereocenters. The number of hydrogen-bond acceptors (Lipinski definition) is 3. The summed E-state index contributed by atoms with van der Waals surface area (Å²) in [6.07, 6.45) is 0.885. The van der Waals surface area contributed by atoms with Crippen molar-refractivity contribution < 1.29 is 9.53 Å². The highest BCUT2D eigenvalue weighted by Gasteiger charge is 2.23. The SMILES string of the molecule is Cc1ccc(CCN(C)C(=O)C2COCCN2)cc1. The third kappa shape index (κ3) is 4.04. The van der Waals surface area contributed by atoms with E-state index in [9.17, 15) is 4.79 Å². The van der Waals surface area contributed by atoms with Crippen molar-refractivity contribution in [3.05, 3.63) is 35.4 Å². The van der Waals surface area contributed by atoms with Gasteiger partial charge in [0.25, 0.3) is 0 Å². The number of hydrogen-bond donors (Lipinski definition) is 1. The van der Waals surface area contributed by atoms with Gasteiger partial charge in [0.1, 0.15) is 6.04 Å². The molecule has 1 saturated heterocycles. The molecular weight excluding hydrogens is 240 g/mol. The third-order valence-electron chi connectivity index (χ3n) is 3.45. The average molecular weight is 262 g/mol. The quantitative estimate of drug-likeness (QED) is 0.879. The molecule has 0 saturated carbocycles. The first-order chi connectivity index (χ1) is 9.16. The van der Waals surface area contributed by atoms with Gasteiger partial charge >= 0.3 is 0 Å². The van der Waals surface area contributed by atoms with Gasteiger partial charge in [0.05, 0.1) is 13.2 Å². The van der Waals surface area contributed by atoms with E-state index in [1.807, 2.05) is 7.05 Å². The van der Waals surface area contributed by atoms with Gasteiger partial charge in [-0.2, -0.15) is 0 Å². The van der Waals surface area contributed by atoms with Crippen molar-refractivity contribution >= 4 is 5.91 Å². The van der Waals surface area contributed by atoms with Gasteiger partial charge in [-0.1, -0.05) is 29.8 Å². The molecule has 1 fully saturated rings. The smallest absolute Gasteiger partial charge is 0.241 e. The van der Waals surface area contributed by atoms with Crippen molar-refractivity contribution in [2.24, 2.45) is 0 Å². The number of benzene rings is 1. The summed E-state index contributed by atoms with van der Waals surface area (Å²) in [5, 5.41) is 3.19. The molecule has 4 heteroatoms. The molecule has 1 aliphatic heterocycles. The maximum Gasteiger partial charge on any atom is 0.241 e. The molecular formula is C15H22N2O2. The molecule has 1 aromatic rings. The minimum atomic E-state index is -0.184. The molecule has 0 radical (unpaired) electrons. The van der Waals surface area contributed by atoms with Crippen LogP contribution in [0.5, 0.6) is 0 Å². The van der Waals surface area contributed by atoms with Gasteiger partial charge in [-0.3, -0.25) is 4.79 Å². The average Bonchev–Trinajstić information content (AvgIpc) is 2.46. The van der Waals surface area contributed by atoms with Gasteiger partial charge in [0.15, 0.2) is 0 Å². The first-order valence-corrected chi connectivity index (χ1v) is 6.78. The second kappa shape index (κ2) is 6.68. The lowest BCUT2D eigenvalue weighted by molar-refractivity contribution is -0.135. The number of aryl methyl sites for hydroxylation is 1. The van der Waals surface area contributed by atoms with E-state index in [2.05, 4.69) is 36.5 Å². The maximum atomic E-state index is 12.2. The number of amides is 1. The number of carbonyl (C=O) groups excluding carboxylic acids is 1. The van der Waals surface area contributed by atoms with Crippen LogP contribution in [-0.2, 0) is 16.0 Å².